The van der Waals surface area contributed by atoms with Crippen LogP contribution in [-0.4, -0.2) is 12.6 Å². The van der Waals surface area contributed by atoms with Crippen molar-refractivity contribution in [2.24, 2.45) is 11.5 Å². The van der Waals surface area contributed by atoms with Crippen LogP contribution in [0.4, 0.5) is 0 Å². The fraction of sp³-hybridized carbons (Fsp3) is 1.00. The van der Waals surface area contributed by atoms with Crippen molar-refractivity contribution in [3.8, 4) is 0 Å². The molecule has 0 bridgehead atoms. The van der Waals surface area contributed by atoms with Crippen LogP contribution in [0.15, 0.2) is 0 Å². The second kappa shape index (κ2) is 10.0. The molecule has 0 heterocycles. The lowest BCUT2D eigenvalue weighted by molar-refractivity contribution is 0.524. The maximum atomic E-state index is 5.82. The molecular weight excluding hydrogens is 160 g/mol. The fourth-order valence-electron chi connectivity index (χ4n) is 1.46. The average Bonchev–Trinajstić information content (AvgIpc) is 2.16. The third-order valence-electron chi connectivity index (χ3n) is 2.55. The van der Waals surface area contributed by atoms with Crippen molar-refractivity contribution in [3.05, 3.63) is 0 Å². The summed E-state index contributed by atoms with van der Waals surface area (Å²) in [6, 6.07) is 0.434. The Kier molecular flexibility index (Phi) is 9.94. The molecule has 0 aromatic rings. The molecule has 0 radical (unpaired) electrons. The van der Waals surface area contributed by atoms with Gasteiger partial charge in [-0.05, 0) is 25.8 Å². The molecule has 0 rings (SSSR count). The first-order valence-electron chi connectivity index (χ1n) is 5.77. The van der Waals surface area contributed by atoms with Crippen LogP contribution in [0.25, 0.3) is 0 Å². The summed E-state index contributed by atoms with van der Waals surface area (Å²) in [5.41, 5.74) is 11.2. The summed E-state index contributed by atoms with van der Waals surface area (Å²) in [5.74, 6) is 0. The van der Waals surface area contributed by atoms with Crippen LogP contribution in [0, 0.1) is 0 Å². The van der Waals surface area contributed by atoms with Gasteiger partial charge in [0, 0.05) is 6.04 Å². The summed E-state index contributed by atoms with van der Waals surface area (Å²) in [7, 11) is 0. The van der Waals surface area contributed by atoms with Crippen LogP contribution in [0.3, 0.4) is 0 Å². The van der Waals surface area contributed by atoms with E-state index >= 15 is 0 Å². The Labute approximate surface area is 83.1 Å². The van der Waals surface area contributed by atoms with E-state index in [1.54, 1.807) is 0 Å². The topological polar surface area (TPSA) is 52.0 Å². The molecule has 0 fully saturated rings. The summed E-state index contributed by atoms with van der Waals surface area (Å²) >= 11 is 0. The van der Waals surface area contributed by atoms with E-state index in [1.165, 1.54) is 44.9 Å². The summed E-state index contributed by atoms with van der Waals surface area (Å²) in [4.78, 5) is 0. The van der Waals surface area contributed by atoms with E-state index in [0.29, 0.717) is 6.04 Å². The van der Waals surface area contributed by atoms with Gasteiger partial charge in [-0.1, -0.05) is 39.0 Å². The van der Waals surface area contributed by atoms with Gasteiger partial charge in [-0.25, -0.2) is 0 Å². The zero-order valence-electron chi connectivity index (χ0n) is 9.10. The van der Waals surface area contributed by atoms with Crippen molar-refractivity contribution in [1.29, 1.82) is 0 Å². The van der Waals surface area contributed by atoms with Crippen molar-refractivity contribution in [2.75, 3.05) is 6.54 Å². The Morgan fingerprint density at radius 1 is 0.923 bits per heavy atom. The Morgan fingerprint density at radius 3 is 2.00 bits per heavy atom. The lowest BCUT2D eigenvalue weighted by atomic mass is 10.0. The molecule has 0 aliphatic heterocycles. The molecule has 0 aliphatic carbocycles. The number of nitrogens with two attached hydrogens (primary N) is 2. The van der Waals surface area contributed by atoms with Gasteiger partial charge in [0.1, 0.15) is 0 Å². The van der Waals surface area contributed by atoms with Gasteiger partial charge in [-0.3, -0.25) is 0 Å². The first-order chi connectivity index (χ1) is 6.31. The molecule has 0 spiro atoms. The molecule has 0 aromatic carbocycles. The minimum Gasteiger partial charge on any atom is -0.330 e. The van der Waals surface area contributed by atoms with Crippen LogP contribution in [0.2, 0.25) is 0 Å². The molecule has 0 amide bonds. The lowest BCUT2D eigenvalue weighted by Crippen LogP contribution is -2.17. The van der Waals surface area contributed by atoms with Gasteiger partial charge in [0.15, 0.2) is 0 Å². The Bertz CT molecular complexity index is 94.1. The molecule has 4 N–H and O–H groups in total. The maximum Gasteiger partial charge on any atom is 0.00362 e. The standard InChI is InChI=1S/C11H26N2/c1-2-11(13)9-7-5-3-4-6-8-10-12/h11H,2-10,12-13H2,1H3. The van der Waals surface area contributed by atoms with E-state index in [0.717, 1.165) is 13.0 Å². The molecular formula is C11H26N2. The van der Waals surface area contributed by atoms with Crippen LogP contribution >= 0.6 is 0 Å². The second-order valence-electron chi connectivity index (χ2n) is 3.87. The normalized spacial score (nSPS) is 13.2. The maximum absolute atomic E-state index is 5.82. The molecule has 80 valence electrons. The molecule has 0 saturated carbocycles. The van der Waals surface area contributed by atoms with Crippen molar-refractivity contribution >= 4 is 0 Å². The second-order valence-corrected chi connectivity index (χ2v) is 3.87. The monoisotopic (exact) mass is 186 g/mol. The summed E-state index contributed by atoms with van der Waals surface area (Å²) in [6.07, 6.45) is 10.2. The number of rotatable bonds is 9. The summed E-state index contributed by atoms with van der Waals surface area (Å²) < 4.78 is 0. The molecule has 13 heavy (non-hydrogen) atoms. The van der Waals surface area contributed by atoms with Gasteiger partial charge in [0.2, 0.25) is 0 Å². The third kappa shape index (κ3) is 9.84. The van der Waals surface area contributed by atoms with Gasteiger partial charge in [0.05, 0.1) is 0 Å². The van der Waals surface area contributed by atoms with Crippen molar-refractivity contribution in [3.63, 3.8) is 0 Å². The summed E-state index contributed by atoms with van der Waals surface area (Å²) in [6.45, 7) is 3.01. The van der Waals surface area contributed by atoms with E-state index in [4.69, 9.17) is 11.5 Å². The smallest absolute Gasteiger partial charge is 0.00362 e. The average molecular weight is 186 g/mol. The molecule has 0 aliphatic rings. The van der Waals surface area contributed by atoms with Crippen LogP contribution in [-0.2, 0) is 0 Å². The summed E-state index contributed by atoms with van der Waals surface area (Å²) in [5, 5.41) is 0. The molecule has 1 atom stereocenters. The lowest BCUT2D eigenvalue weighted by Gasteiger charge is -2.07. The van der Waals surface area contributed by atoms with Crippen LogP contribution in [0.5, 0.6) is 0 Å². The highest BCUT2D eigenvalue weighted by Crippen LogP contribution is 2.08. The first-order valence-corrected chi connectivity index (χ1v) is 5.77. The van der Waals surface area contributed by atoms with Crippen LogP contribution < -0.4 is 11.5 Å². The highest BCUT2D eigenvalue weighted by atomic mass is 14.6. The fourth-order valence-corrected chi connectivity index (χ4v) is 1.46. The van der Waals surface area contributed by atoms with E-state index in [9.17, 15) is 0 Å². The predicted octanol–water partition coefficient (Wildman–Crippen LogP) is 2.41. The minimum atomic E-state index is 0.434. The predicted molar refractivity (Wildman–Crippen MR) is 59.6 cm³/mol. The van der Waals surface area contributed by atoms with Gasteiger partial charge in [-0.2, -0.15) is 0 Å². The van der Waals surface area contributed by atoms with Gasteiger partial charge in [0.25, 0.3) is 0 Å². The van der Waals surface area contributed by atoms with E-state index in [2.05, 4.69) is 6.92 Å². The SMILES string of the molecule is CCC(N)CCCCCCCCN. The Morgan fingerprint density at radius 2 is 1.46 bits per heavy atom. The van der Waals surface area contributed by atoms with E-state index < -0.39 is 0 Å². The molecule has 2 heteroatoms. The Hall–Kier alpha value is -0.0800. The first kappa shape index (κ1) is 12.9. The van der Waals surface area contributed by atoms with E-state index in [-0.39, 0.29) is 0 Å². The van der Waals surface area contributed by atoms with E-state index in [1.807, 2.05) is 0 Å². The molecule has 1 unspecified atom stereocenters. The zero-order chi connectivity index (χ0) is 9.94. The number of hydrogen-bond donors (Lipinski definition) is 2. The zero-order valence-corrected chi connectivity index (χ0v) is 9.10. The van der Waals surface area contributed by atoms with Crippen molar-refractivity contribution in [2.45, 2.75) is 64.3 Å². The van der Waals surface area contributed by atoms with Crippen molar-refractivity contribution in [1.82, 2.24) is 0 Å². The van der Waals surface area contributed by atoms with Gasteiger partial charge < -0.3 is 11.5 Å². The minimum absolute atomic E-state index is 0.434. The quantitative estimate of drug-likeness (QED) is 0.543. The highest BCUT2D eigenvalue weighted by Gasteiger charge is 1.97. The number of hydrogen-bond acceptors (Lipinski definition) is 2. The molecule has 2 nitrogen and oxygen atoms in total. The number of unbranched alkanes of at least 4 members (excludes halogenated alkanes) is 5. The third-order valence-corrected chi connectivity index (χ3v) is 2.55. The van der Waals surface area contributed by atoms with Gasteiger partial charge in [-0.15, -0.1) is 0 Å². The Balaban J connectivity index is 2.91. The molecule has 0 aromatic heterocycles. The highest BCUT2D eigenvalue weighted by molar-refractivity contribution is 4.58. The van der Waals surface area contributed by atoms with Crippen LogP contribution in [0.1, 0.15) is 58.3 Å². The molecule has 0 saturated heterocycles. The largest absolute Gasteiger partial charge is 0.330 e. The van der Waals surface area contributed by atoms with Gasteiger partial charge >= 0.3 is 0 Å². The van der Waals surface area contributed by atoms with Crippen molar-refractivity contribution < 1.29 is 0 Å².